The molecule has 0 aliphatic rings. The topological polar surface area (TPSA) is 97.6 Å². The molecule has 43 heavy (non-hydrogen) atoms. The number of halogens is 6. The number of aliphatic hydroxyl groups is 1. The van der Waals surface area contributed by atoms with Gasteiger partial charge in [0.2, 0.25) is 11.7 Å². The van der Waals surface area contributed by atoms with Crippen molar-refractivity contribution in [3.63, 3.8) is 0 Å². The molecule has 2 aromatic carbocycles. The van der Waals surface area contributed by atoms with Crippen LogP contribution in [0.1, 0.15) is 55.4 Å². The molecule has 2 N–H and O–H groups in total. The van der Waals surface area contributed by atoms with Gasteiger partial charge in [-0.3, -0.25) is 14.4 Å². The lowest BCUT2D eigenvalue weighted by Gasteiger charge is -2.26. The predicted molar refractivity (Wildman–Crippen MR) is 145 cm³/mol. The lowest BCUT2D eigenvalue weighted by Crippen LogP contribution is -2.34. The van der Waals surface area contributed by atoms with E-state index in [1.165, 1.54) is 50.2 Å². The van der Waals surface area contributed by atoms with E-state index in [-0.39, 0.29) is 30.6 Å². The van der Waals surface area contributed by atoms with Gasteiger partial charge in [0.05, 0.1) is 23.9 Å². The average molecular weight is 613 g/mol. The Morgan fingerprint density at radius 1 is 0.953 bits per heavy atom. The monoisotopic (exact) mass is 612 g/mol. The van der Waals surface area contributed by atoms with Gasteiger partial charge in [-0.2, -0.15) is 26.3 Å². The SMILES string of the molecule is CC(C(C(=O)Nc1cccc(CCC(=O)OC(C)(C)O)c1)c1ccc(Cn2cc(C(F)(F)F)ccc2=O)cc1)C(F)(F)F. The maximum atomic E-state index is 13.8. The van der Waals surface area contributed by atoms with Crippen LogP contribution in [0.2, 0.25) is 0 Å². The highest BCUT2D eigenvalue weighted by Crippen LogP contribution is 2.38. The van der Waals surface area contributed by atoms with Crippen molar-refractivity contribution < 1.29 is 45.8 Å². The molecule has 0 saturated heterocycles. The molecule has 0 saturated carbocycles. The molecule has 0 radical (unpaired) electrons. The molecule has 232 valence electrons. The number of hydrogen-bond donors (Lipinski definition) is 2. The number of alkyl halides is 6. The van der Waals surface area contributed by atoms with E-state index in [1.807, 2.05) is 0 Å². The molecular weight excluding hydrogens is 582 g/mol. The number of amides is 1. The molecule has 7 nitrogen and oxygen atoms in total. The normalized spacial score (nSPS) is 13.7. The number of ether oxygens (including phenoxy) is 1. The number of aromatic nitrogens is 1. The molecule has 2 unspecified atom stereocenters. The summed E-state index contributed by atoms with van der Waals surface area (Å²) in [6.45, 7) is 3.19. The van der Waals surface area contributed by atoms with Crippen LogP contribution in [0.15, 0.2) is 71.7 Å². The van der Waals surface area contributed by atoms with Crippen molar-refractivity contribution in [2.45, 2.75) is 64.2 Å². The van der Waals surface area contributed by atoms with Crippen LogP contribution < -0.4 is 10.9 Å². The zero-order chi connectivity index (χ0) is 32.2. The molecule has 0 aliphatic carbocycles. The highest BCUT2D eigenvalue weighted by atomic mass is 19.4. The van der Waals surface area contributed by atoms with E-state index in [0.29, 0.717) is 23.4 Å². The van der Waals surface area contributed by atoms with E-state index >= 15 is 0 Å². The summed E-state index contributed by atoms with van der Waals surface area (Å²) in [5.74, 6) is -7.06. The molecule has 0 bridgehead atoms. The second kappa shape index (κ2) is 13.0. The van der Waals surface area contributed by atoms with Crippen LogP contribution in [-0.4, -0.2) is 33.5 Å². The number of benzene rings is 2. The lowest BCUT2D eigenvalue weighted by atomic mass is 9.85. The number of nitrogens with one attached hydrogen (secondary N) is 1. The predicted octanol–water partition coefficient (Wildman–Crippen LogP) is 6.04. The van der Waals surface area contributed by atoms with E-state index in [9.17, 15) is 45.8 Å². The molecule has 3 aromatic rings. The maximum absolute atomic E-state index is 13.8. The van der Waals surface area contributed by atoms with E-state index in [0.717, 1.165) is 17.6 Å². The van der Waals surface area contributed by atoms with Crippen LogP contribution in [0.3, 0.4) is 0 Å². The van der Waals surface area contributed by atoms with Gasteiger partial charge in [-0.1, -0.05) is 43.3 Å². The summed E-state index contributed by atoms with van der Waals surface area (Å²) in [4.78, 5) is 37.2. The number of carbonyl (C=O) groups excluding carboxylic acids is 2. The van der Waals surface area contributed by atoms with Crippen molar-refractivity contribution in [2.24, 2.45) is 5.92 Å². The lowest BCUT2D eigenvalue weighted by molar-refractivity contribution is -0.194. The maximum Gasteiger partial charge on any atom is 0.417 e. The van der Waals surface area contributed by atoms with Crippen LogP contribution in [-0.2, 0) is 33.5 Å². The van der Waals surface area contributed by atoms with Crippen molar-refractivity contribution in [2.75, 3.05) is 5.32 Å². The summed E-state index contributed by atoms with van der Waals surface area (Å²) >= 11 is 0. The highest BCUT2D eigenvalue weighted by molar-refractivity contribution is 5.96. The number of anilines is 1. The molecule has 0 spiro atoms. The summed E-state index contributed by atoms with van der Waals surface area (Å²) in [7, 11) is 0. The van der Waals surface area contributed by atoms with Gasteiger partial charge < -0.3 is 19.7 Å². The number of pyridine rings is 1. The van der Waals surface area contributed by atoms with E-state index in [2.05, 4.69) is 5.32 Å². The zero-order valence-electron chi connectivity index (χ0n) is 23.4. The van der Waals surface area contributed by atoms with E-state index in [4.69, 9.17) is 4.74 Å². The minimum absolute atomic E-state index is 0.00739. The fourth-order valence-electron chi connectivity index (χ4n) is 4.31. The molecule has 2 atom stereocenters. The van der Waals surface area contributed by atoms with Crippen LogP contribution in [0.4, 0.5) is 32.0 Å². The molecular formula is C30H30F6N2O5. The average Bonchev–Trinajstić information content (AvgIpc) is 2.88. The minimum atomic E-state index is -4.74. The first-order valence-electron chi connectivity index (χ1n) is 13.1. The van der Waals surface area contributed by atoms with Crippen molar-refractivity contribution in [3.8, 4) is 0 Å². The Morgan fingerprint density at radius 2 is 1.60 bits per heavy atom. The molecule has 1 heterocycles. The Hall–Kier alpha value is -4.13. The summed E-state index contributed by atoms with van der Waals surface area (Å²) in [5.41, 5.74) is -0.611. The second-order valence-corrected chi connectivity index (χ2v) is 10.5. The van der Waals surface area contributed by atoms with Crippen molar-refractivity contribution in [1.82, 2.24) is 4.57 Å². The molecule has 0 fully saturated rings. The fraction of sp³-hybridized carbons (Fsp3) is 0.367. The molecule has 1 amide bonds. The number of carbonyl (C=O) groups is 2. The van der Waals surface area contributed by atoms with Crippen molar-refractivity contribution in [1.29, 1.82) is 0 Å². The summed E-state index contributed by atoms with van der Waals surface area (Å²) in [5, 5.41) is 12.1. The number of esters is 1. The third kappa shape index (κ3) is 9.70. The van der Waals surface area contributed by atoms with Crippen LogP contribution >= 0.6 is 0 Å². The second-order valence-electron chi connectivity index (χ2n) is 10.5. The molecule has 3 rings (SSSR count). The van der Waals surface area contributed by atoms with Gasteiger partial charge in [-0.15, -0.1) is 0 Å². The smallest absolute Gasteiger partial charge is 0.417 e. The number of aryl methyl sites for hydroxylation is 1. The molecule has 1 aromatic heterocycles. The number of hydrogen-bond acceptors (Lipinski definition) is 5. The van der Waals surface area contributed by atoms with Gasteiger partial charge in [-0.25, -0.2) is 0 Å². The van der Waals surface area contributed by atoms with Gasteiger partial charge in [-0.05, 0) is 41.3 Å². The Labute approximate surface area is 243 Å². The number of rotatable bonds is 10. The van der Waals surface area contributed by atoms with Gasteiger partial charge in [0.25, 0.3) is 5.56 Å². The third-order valence-corrected chi connectivity index (χ3v) is 6.48. The van der Waals surface area contributed by atoms with Gasteiger partial charge in [0.1, 0.15) is 0 Å². The summed E-state index contributed by atoms with van der Waals surface area (Å²) in [6.07, 6.45) is -8.67. The zero-order valence-corrected chi connectivity index (χ0v) is 23.4. The Kier molecular flexibility index (Phi) is 10.1. The standard InChI is InChI=1S/C30H30F6N2O5/c1-18(29(31,32)33)26(27(41)37-23-6-4-5-19(15-23)9-14-25(40)43-28(2,3)42)21-10-7-20(8-11-21)16-38-17-22(30(34,35)36)12-13-24(38)39/h4-8,10-13,15,17-18,26,42H,9,14,16H2,1-3H3,(H,37,41). The number of nitrogens with zero attached hydrogens (tertiary/aromatic N) is 1. The first-order valence-corrected chi connectivity index (χ1v) is 13.1. The van der Waals surface area contributed by atoms with Gasteiger partial charge in [0.15, 0.2) is 0 Å². The highest BCUT2D eigenvalue weighted by Gasteiger charge is 2.45. The van der Waals surface area contributed by atoms with E-state index in [1.54, 1.807) is 12.1 Å². The first-order chi connectivity index (χ1) is 19.8. The quantitative estimate of drug-likeness (QED) is 0.165. The van der Waals surface area contributed by atoms with Crippen LogP contribution in [0.5, 0.6) is 0 Å². The Morgan fingerprint density at radius 3 is 2.19 bits per heavy atom. The van der Waals surface area contributed by atoms with Crippen molar-refractivity contribution in [3.05, 3.63) is 99.5 Å². The van der Waals surface area contributed by atoms with E-state index < -0.39 is 53.0 Å². The first kappa shape index (κ1) is 33.4. The van der Waals surface area contributed by atoms with Gasteiger partial charge >= 0.3 is 18.3 Å². The van der Waals surface area contributed by atoms with Gasteiger partial charge in [0, 0.05) is 38.2 Å². The summed E-state index contributed by atoms with van der Waals surface area (Å²) in [6, 6.07) is 12.8. The minimum Gasteiger partial charge on any atom is -0.434 e. The van der Waals surface area contributed by atoms with Crippen molar-refractivity contribution >= 4 is 17.6 Å². The molecule has 13 heteroatoms. The molecule has 0 aliphatic heterocycles. The fourth-order valence-corrected chi connectivity index (χ4v) is 4.31. The van der Waals surface area contributed by atoms with Crippen LogP contribution in [0, 0.1) is 5.92 Å². The Bertz CT molecular complexity index is 1490. The third-order valence-electron chi connectivity index (χ3n) is 6.48. The Balaban J connectivity index is 1.80. The summed E-state index contributed by atoms with van der Waals surface area (Å²) < 4.78 is 86.3. The largest absolute Gasteiger partial charge is 0.434 e. The van der Waals surface area contributed by atoms with Crippen LogP contribution in [0.25, 0.3) is 0 Å².